The summed E-state index contributed by atoms with van der Waals surface area (Å²) in [5.74, 6) is 1.61. The standard InChI is InChI=1S/C17H35N5S.HI/c1-14(13-22-9-7-21(3)8-10-22)12-19-17(18-2)20-15-5-6-16(11-15)23-4;/h14-16H,5-13H2,1-4H3,(H2,18,19,20);1H. The fraction of sp³-hybridized carbons (Fsp3) is 0.941. The van der Waals surface area contributed by atoms with Crippen LogP contribution in [0.5, 0.6) is 0 Å². The molecule has 1 saturated heterocycles. The van der Waals surface area contributed by atoms with Crippen molar-refractivity contribution < 1.29 is 0 Å². The highest BCUT2D eigenvalue weighted by molar-refractivity contribution is 14.0. The Hall–Kier alpha value is 0.270. The second-order valence-corrected chi connectivity index (χ2v) is 8.31. The SMILES string of the molecule is CN=C(NCC(C)CN1CCN(C)CC1)NC1CCC(SC)C1.I. The van der Waals surface area contributed by atoms with Crippen LogP contribution in [0.4, 0.5) is 0 Å². The minimum absolute atomic E-state index is 0. The summed E-state index contributed by atoms with van der Waals surface area (Å²) < 4.78 is 0. The number of hydrogen-bond acceptors (Lipinski definition) is 4. The van der Waals surface area contributed by atoms with E-state index < -0.39 is 0 Å². The van der Waals surface area contributed by atoms with E-state index in [-0.39, 0.29) is 24.0 Å². The number of guanidine groups is 1. The fourth-order valence-electron chi connectivity index (χ4n) is 3.48. The minimum Gasteiger partial charge on any atom is -0.356 e. The molecular weight excluding hydrogens is 433 g/mol. The Morgan fingerprint density at radius 1 is 1.25 bits per heavy atom. The van der Waals surface area contributed by atoms with E-state index in [1.165, 1.54) is 52.0 Å². The number of nitrogens with zero attached hydrogens (tertiary/aromatic N) is 3. The van der Waals surface area contributed by atoms with Crippen LogP contribution in [0.3, 0.4) is 0 Å². The van der Waals surface area contributed by atoms with Crippen LogP contribution in [0.15, 0.2) is 4.99 Å². The van der Waals surface area contributed by atoms with Crippen molar-refractivity contribution >= 4 is 41.7 Å². The second-order valence-electron chi connectivity index (χ2n) is 7.17. The van der Waals surface area contributed by atoms with Crippen molar-refractivity contribution in [2.24, 2.45) is 10.9 Å². The van der Waals surface area contributed by atoms with Gasteiger partial charge >= 0.3 is 0 Å². The normalized spacial score (nSPS) is 27.6. The van der Waals surface area contributed by atoms with Crippen molar-refractivity contribution in [3.63, 3.8) is 0 Å². The Kier molecular flexibility index (Phi) is 11.0. The number of aliphatic imine (C=N–C) groups is 1. The molecule has 2 rings (SSSR count). The van der Waals surface area contributed by atoms with Gasteiger partial charge in [-0.05, 0) is 38.5 Å². The van der Waals surface area contributed by atoms with Gasteiger partial charge in [0.2, 0.25) is 0 Å². The molecule has 0 spiro atoms. The first-order valence-corrected chi connectivity index (χ1v) is 10.3. The summed E-state index contributed by atoms with van der Waals surface area (Å²) in [5.41, 5.74) is 0. The van der Waals surface area contributed by atoms with Crippen molar-refractivity contribution in [3.05, 3.63) is 0 Å². The molecule has 2 N–H and O–H groups in total. The molecule has 3 atom stereocenters. The van der Waals surface area contributed by atoms with Gasteiger partial charge in [-0.25, -0.2) is 0 Å². The van der Waals surface area contributed by atoms with Crippen molar-refractivity contribution in [1.82, 2.24) is 20.4 Å². The molecule has 0 bridgehead atoms. The molecule has 3 unspecified atom stereocenters. The molecule has 1 aliphatic heterocycles. The van der Waals surface area contributed by atoms with E-state index in [9.17, 15) is 0 Å². The average molecular weight is 469 g/mol. The largest absolute Gasteiger partial charge is 0.356 e. The lowest BCUT2D eigenvalue weighted by molar-refractivity contribution is 0.139. The second kappa shape index (κ2) is 11.8. The lowest BCUT2D eigenvalue weighted by atomic mass is 10.1. The maximum absolute atomic E-state index is 4.40. The zero-order chi connectivity index (χ0) is 16.7. The van der Waals surface area contributed by atoms with E-state index in [1.54, 1.807) is 0 Å². The van der Waals surface area contributed by atoms with Gasteiger partial charge in [-0.1, -0.05) is 6.92 Å². The maximum atomic E-state index is 4.40. The molecule has 142 valence electrons. The highest BCUT2D eigenvalue weighted by atomic mass is 127. The molecule has 0 aromatic carbocycles. The minimum atomic E-state index is 0. The number of nitrogens with one attached hydrogen (secondary N) is 2. The summed E-state index contributed by atoms with van der Waals surface area (Å²) in [6.45, 7) is 9.29. The van der Waals surface area contributed by atoms with Gasteiger partial charge in [-0.3, -0.25) is 4.99 Å². The molecule has 0 amide bonds. The lowest BCUT2D eigenvalue weighted by Crippen LogP contribution is -2.48. The molecule has 1 heterocycles. The lowest BCUT2D eigenvalue weighted by Gasteiger charge is -2.34. The van der Waals surface area contributed by atoms with Crippen LogP contribution in [-0.4, -0.2) is 86.7 Å². The van der Waals surface area contributed by atoms with Crippen LogP contribution in [0.25, 0.3) is 0 Å². The molecule has 7 heteroatoms. The Morgan fingerprint density at radius 2 is 1.96 bits per heavy atom. The van der Waals surface area contributed by atoms with Crippen molar-refractivity contribution in [2.45, 2.75) is 37.5 Å². The topological polar surface area (TPSA) is 42.9 Å². The molecule has 1 aliphatic carbocycles. The molecule has 2 aliphatic rings. The van der Waals surface area contributed by atoms with Crippen LogP contribution in [0.1, 0.15) is 26.2 Å². The van der Waals surface area contributed by atoms with Gasteiger partial charge < -0.3 is 20.4 Å². The summed E-state index contributed by atoms with van der Waals surface area (Å²) in [6.07, 6.45) is 6.08. The van der Waals surface area contributed by atoms with Gasteiger partial charge in [-0.2, -0.15) is 11.8 Å². The molecule has 24 heavy (non-hydrogen) atoms. The molecule has 0 radical (unpaired) electrons. The third-order valence-corrected chi connectivity index (χ3v) is 6.16. The summed E-state index contributed by atoms with van der Waals surface area (Å²) in [5, 5.41) is 7.94. The summed E-state index contributed by atoms with van der Waals surface area (Å²) in [4.78, 5) is 9.40. The number of likely N-dealkylation sites (N-methyl/N-ethyl adjacent to an activating group) is 1. The number of rotatable bonds is 6. The number of thioether (sulfide) groups is 1. The van der Waals surface area contributed by atoms with E-state index in [0.717, 1.165) is 17.8 Å². The summed E-state index contributed by atoms with van der Waals surface area (Å²) in [7, 11) is 4.09. The highest BCUT2D eigenvalue weighted by Gasteiger charge is 2.24. The number of piperazine rings is 1. The first kappa shape index (κ1) is 22.3. The predicted molar refractivity (Wildman–Crippen MR) is 118 cm³/mol. The van der Waals surface area contributed by atoms with Crippen LogP contribution >= 0.6 is 35.7 Å². The van der Waals surface area contributed by atoms with E-state index in [1.807, 2.05) is 18.8 Å². The van der Waals surface area contributed by atoms with Gasteiger partial charge in [0.15, 0.2) is 5.96 Å². The van der Waals surface area contributed by atoms with Gasteiger partial charge in [-0.15, -0.1) is 24.0 Å². The first-order chi connectivity index (χ1) is 11.1. The van der Waals surface area contributed by atoms with E-state index >= 15 is 0 Å². The van der Waals surface area contributed by atoms with Crippen LogP contribution < -0.4 is 10.6 Å². The molecule has 0 aromatic rings. The van der Waals surface area contributed by atoms with Crippen molar-refractivity contribution in [2.75, 3.05) is 59.6 Å². The zero-order valence-electron chi connectivity index (χ0n) is 15.8. The van der Waals surface area contributed by atoms with Gasteiger partial charge in [0.05, 0.1) is 0 Å². The maximum Gasteiger partial charge on any atom is 0.191 e. The Labute approximate surface area is 169 Å². The van der Waals surface area contributed by atoms with Crippen molar-refractivity contribution in [3.8, 4) is 0 Å². The van der Waals surface area contributed by atoms with Crippen LogP contribution in [-0.2, 0) is 0 Å². The molecule has 2 fully saturated rings. The molecule has 1 saturated carbocycles. The predicted octanol–water partition coefficient (Wildman–Crippen LogP) is 1.94. The van der Waals surface area contributed by atoms with Gasteiger partial charge in [0.25, 0.3) is 0 Å². The first-order valence-electron chi connectivity index (χ1n) is 9.01. The zero-order valence-corrected chi connectivity index (χ0v) is 18.9. The summed E-state index contributed by atoms with van der Waals surface area (Å²) in [6, 6.07) is 0.589. The molecule has 5 nitrogen and oxygen atoms in total. The summed E-state index contributed by atoms with van der Waals surface area (Å²) >= 11 is 2.00. The highest BCUT2D eigenvalue weighted by Crippen LogP contribution is 2.27. The van der Waals surface area contributed by atoms with Crippen LogP contribution in [0, 0.1) is 5.92 Å². The fourth-order valence-corrected chi connectivity index (χ4v) is 4.28. The van der Waals surface area contributed by atoms with E-state index in [0.29, 0.717) is 12.0 Å². The average Bonchev–Trinajstić information content (AvgIpc) is 3.01. The quantitative estimate of drug-likeness (QED) is 0.354. The van der Waals surface area contributed by atoms with Crippen molar-refractivity contribution in [1.29, 1.82) is 0 Å². The number of halogens is 1. The monoisotopic (exact) mass is 469 g/mol. The van der Waals surface area contributed by atoms with Gasteiger partial charge in [0, 0.05) is 57.6 Å². The van der Waals surface area contributed by atoms with Crippen LogP contribution in [0.2, 0.25) is 0 Å². The number of hydrogen-bond donors (Lipinski definition) is 2. The Morgan fingerprint density at radius 3 is 2.54 bits per heavy atom. The Bertz CT molecular complexity index is 374. The van der Waals surface area contributed by atoms with E-state index in [2.05, 4.69) is 45.7 Å². The molecular formula is C17H36IN5S. The van der Waals surface area contributed by atoms with E-state index in [4.69, 9.17) is 0 Å². The third kappa shape index (κ3) is 7.66. The molecule has 0 aromatic heterocycles. The smallest absolute Gasteiger partial charge is 0.191 e. The Balaban J connectivity index is 0.00000288. The van der Waals surface area contributed by atoms with Gasteiger partial charge in [0.1, 0.15) is 0 Å². The third-order valence-electron chi connectivity index (χ3n) is 5.07.